The number of imide groups is 1. The summed E-state index contributed by atoms with van der Waals surface area (Å²) in [6.45, 7) is 1.53. The first-order valence-corrected chi connectivity index (χ1v) is 11.2. The number of aromatic nitrogens is 1. The molecule has 3 amide bonds. The van der Waals surface area contributed by atoms with Crippen LogP contribution in [0.1, 0.15) is 38.3 Å². The number of amides is 3. The molecule has 7 nitrogen and oxygen atoms in total. The number of carbonyl (C=O) groups is 3. The number of hydrogen-bond acceptors (Lipinski definition) is 6. The molecule has 1 spiro atoms. The summed E-state index contributed by atoms with van der Waals surface area (Å²) >= 11 is 7.60. The number of urea groups is 1. The second-order valence-corrected chi connectivity index (χ2v) is 8.99. The Morgan fingerprint density at radius 2 is 2.17 bits per heavy atom. The first-order chi connectivity index (χ1) is 14.4. The van der Waals surface area contributed by atoms with Crippen molar-refractivity contribution in [1.82, 2.24) is 15.2 Å². The molecule has 1 saturated carbocycles. The number of benzene rings is 1. The zero-order valence-corrected chi connectivity index (χ0v) is 18.1. The van der Waals surface area contributed by atoms with E-state index in [-0.39, 0.29) is 18.4 Å². The van der Waals surface area contributed by atoms with Gasteiger partial charge in [0.1, 0.15) is 23.7 Å². The molecule has 2 atom stereocenters. The van der Waals surface area contributed by atoms with Crippen molar-refractivity contribution in [2.45, 2.75) is 44.8 Å². The molecule has 2 heterocycles. The fourth-order valence-corrected chi connectivity index (χ4v) is 5.22. The van der Waals surface area contributed by atoms with Crippen LogP contribution in [0.25, 0.3) is 10.6 Å². The molecule has 1 aromatic carbocycles. The van der Waals surface area contributed by atoms with Gasteiger partial charge in [0.15, 0.2) is 0 Å². The average molecular weight is 448 g/mol. The lowest BCUT2D eigenvalue weighted by molar-refractivity contribution is -0.149. The summed E-state index contributed by atoms with van der Waals surface area (Å²) in [7, 11) is 0. The summed E-state index contributed by atoms with van der Waals surface area (Å²) in [5.41, 5.74) is 0.514. The van der Waals surface area contributed by atoms with Gasteiger partial charge >= 0.3 is 12.0 Å². The van der Waals surface area contributed by atoms with Gasteiger partial charge in [0.05, 0.1) is 10.7 Å². The highest BCUT2D eigenvalue weighted by molar-refractivity contribution is 7.13. The Morgan fingerprint density at radius 3 is 2.93 bits per heavy atom. The molecule has 0 bridgehead atoms. The highest BCUT2D eigenvalue weighted by Gasteiger charge is 2.55. The highest BCUT2D eigenvalue weighted by atomic mass is 35.5. The number of thiazole rings is 1. The van der Waals surface area contributed by atoms with Crippen molar-refractivity contribution in [3.8, 4) is 10.6 Å². The third kappa shape index (κ3) is 3.81. The van der Waals surface area contributed by atoms with Crippen LogP contribution in [0.2, 0.25) is 5.02 Å². The molecule has 1 saturated heterocycles. The lowest BCUT2D eigenvalue weighted by atomic mass is 9.73. The van der Waals surface area contributed by atoms with Crippen LogP contribution in [-0.2, 0) is 20.9 Å². The highest BCUT2D eigenvalue weighted by Crippen LogP contribution is 2.38. The molecule has 2 aromatic rings. The summed E-state index contributed by atoms with van der Waals surface area (Å²) in [6.07, 6.45) is 3.40. The van der Waals surface area contributed by atoms with Crippen LogP contribution in [0.4, 0.5) is 4.79 Å². The Labute approximate surface area is 183 Å². The smallest absolute Gasteiger partial charge is 0.326 e. The lowest BCUT2D eigenvalue weighted by Crippen LogP contribution is -2.54. The van der Waals surface area contributed by atoms with Crippen LogP contribution in [0.15, 0.2) is 29.6 Å². The first kappa shape index (κ1) is 20.8. The van der Waals surface area contributed by atoms with Crippen molar-refractivity contribution in [2.75, 3.05) is 6.54 Å². The second kappa shape index (κ2) is 8.35. The van der Waals surface area contributed by atoms with Gasteiger partial charge in [-0.25, -0.2) is 9.78 Å². The van der Waals surface area contributed by atoms with Crippen LogP contribution >= 0.6 is 22.9 Å². The lowest BCUT2D eigenvalue weighted by Gasteiger charge is -2.36. The van der Waals surface area contributed by atoms with Crippen LogP contribution < -0.4 is 5.32 Å². The predicted molar refractivity (Wildman–Crippen MR) is 113 cm³/mol. The van der Waals surface area contributed by atoms with Crippen molar-refractivity contribution < 1.29 is 19.1 Å². The van der Waals surface area contributed by atoms with Gasteiger partial charge in [-0.1, -0.05) is 49.6 Å². The Kier molecular flexibility index (Phi) is 5.79. The number of hydrogen-bond donors (Lipinski definition) is 1. The van der Waals surface area contributed by atoms with E-state index in [1.807, 2.05) is 25.1 Å². The number of carbonyl (C=O) groups excluding carboxylic acids is 3. The minimum atomic E-state index is -0.881. The van der Waals surface area contributed by atoms with Gasteiger partial charge in [0.2, 0.25) is 0 Å². The van der Waals surface area contributed by atoms with E-state index in [1.165, 1.54) is 11.3 Å². The van der Waals surface area contributed by atoms with Crippen molar-refractivity contribution >= 4 is 40.8 Å². The standard InChI is InChI=1S/C21H22ClN3O4S/c1-13-6-4-5-9-21(13)19(27)25(20(28)24-21)10-17(26)29-11-14-12-30-18(23-14)15-7-2-3-8-16(15)22/h2-3,7-8,12-13H,4-6,9-11H2,1H3,(H,24,28)/t13-,21+/m0/s1. The van der Waals surface area contributed by atoms with Gasteiger partial charge in [0, 0.05) is 10.9 Å². The van der Waals surface area contributed by atoms with Crippen LogP contribution in [0.3, 0.4) is 0 Å². The second-order valence-electron chi connectivity index (χ2n) is 7.72. The number of esters is 1. The van der Waals surface area contributed by atoms with Crippen LogP contribution in [0, 0.1) is 5.92 Å². The summed E-state index contributed by atoms with van der Waals surface area (Å²) < 4.78 is 5.27. The van der Waals surface area contributed by atoms with Gasteiger partial charge in [-0.3, -0.25) is 14.5 Å². The van der Waals surface area contributed by atoms with Gasteiger partial charge in [0.25, 0.3) is 5.91 Å². The van der Waals surface area contributed by atoms with Gasteiger partial charge in [-0.2, -0.15) is 0 Å². The molecule has 2 fully saturated rings. The molecular weight excluding hydrogens is 426 g/mol. The van der Waals surface area contributed by atoms with E-state index in [4.69, 9.17) is 16.3 Å². The Bertz CT molecular complexity index is 994. The van der Waals surface area contributed by atoms with Crippen LogP contribution in [0.5, 0.6) is 0 Å². The molecule has 1 N–H and O–H groups in total. The Morgan fingerprint density at radius 1 is 1.37 bits per heavy atom. The fourth-order valence-electron chi connectivity index (χ4n) is 4.10. The minimum absolute atomic E-state index is 0.0367. The van der Waals surface area contributed by atoms with Crippen LogP contribution in [-0.4, -0.2) is 39.9 Å². The predicted octanol–water partition coefficient (Wildman–Crippen LogP) is 4.01. The van der Waals surface area contributed by atoms with E-state index in [0.29, 0.717) is 17.1 Å². The Balaban J connectivity index is 1.36. The quantitative estimate of drug-likeness (QED) is 0.552. The fraction of sp³-hybridized carbons (Fsp3) is 0.429. The molecule has 1 aliphatic carbocycles. The third-order valence-corrected chi connectivity index (χ3v) is 7.08. The number of halogens is 1. The molecule has 2 aliphatic rings. The SMILES string of the molecule is C[C@H]1CCCC[C@@]12NC(=O)N(CC(=O)OCc1csc(-c3ccccc3Cl)n1)C2=O. The summed E-state index contributed by atoms with van der Waals surface area (Å²) in [4.78, 5) is 43.0. The average Bonchev–Trinajstić information content (AvgIpc) is 3.28. The molecule has 9 heteroatoms. The molecule has 0 unspecified atom stereocenters. The maximum atomic E-state index is 12.9. The minimum Gasteiger partial charge on any atom is -0.458 e. The zero-order valence-electron chi connectivity index (χ0n) is 16.5. The number of ether oxygens (including phenoxy) is 1. The summed E-state index contributed by atoms with van der Waals surface area (Å²) in [5.74, 6) is -0.931. The number of nitrogens with one attached hydrogen (secondary N) is 1. The van der Waals surface area contributed by atoms with E-state index < -0.39 is 24.1 Å². The van der Waals surface area contributed by atoms with E-state index in [2.05, 4.69) is 10.3 Å². The zero-order chi connectivity index (χ0) is 21.3. The van der Waals surface area contributed by atoms with Crippen molar-refractivity contribution in [3.05, 3.63) is 40.4 Å². The normalized spacial score (nSPS) is 23.7. The molecule has 1 aliphatic heterocycles. The largest absolute Gasteiger partial charge is 0.458 e. The Hall–Kier alpha value is -2.45. The van der Waals surface area contributed by atoms with Gasteiger partial charge in [-0.05, 0) is 24.8 Å². The van der Waals surface area contributed by atoms with Gasteiger partial charge < -0.3 is 10.1 Å². The van der Waals surface area contributed by atoms with E-state index >= 15 is 0 Å². The first-order valence-electron chi connectivity index (χ1n) is 9.90. The third-order valence-electron chi connectivity index (χ3n) is 5.83. The van der Waals surface area contributed by atoms with Crippen molar-refractivity contribution in [1.29, 1.82) is 0 Å². The summed E-state index contributed by atoms with van der Waals surface area (Å²) in [6, 6.07) is 6.85. The van der Waals surface area contributed by atoms with Gasteiger partial charge in [-0.15, -0.1) is 11.3 Å². The van der Waals surface area contributed by atoms with E-state index in [1.54, 1.807) is 11.4 Å². The molecule has 0 radical (unpaired) electrons. The molecular formula is C21H22ClN3O4S. The van der Waals surface area contributed by atoms with E-state index in [0.717, 1.165) is 34.7 Å². The number of nitrogens with zero attached hydrogens (tertiary/aromatic N) is 2. The van der Waals surface area contributed by atoms with E-state index in [9.17, 15) is 14.4 Å². The topological polar surface area (TPSA) is 88.6 Å². The maximum absolute atomic E-state index is 12.9. The monoisotopic (exact) mass is 447 g/mol. The molecule has 4 rings (SSSR count). The van der Waals surface area contributed by atoms with Crippen molar-refractivity contribution in [2.24, 2.45) is 5.92 Å². The molecule has 158 valence electrons. The summed E-state index contributed by atoms with van der Waals surface area (Å²) in [5, 5.41) is 5.95. The maximum Gasteiger partial charge on any atom is 0.326 e. The number of rotatable bonds is 5. The molecule has 1 aromatic heterocycles. The van der Waals surface area contributed by atoms with Crippen molar-refractivity contribution in [3.63, 3.8) is 0 Å². The molecule has 30 heavy (non-hydrogen) atoms.